The van der Waals surface area contributed by atoms with Gasteiger partial charge >= 0.3 is 0 Å². The summed E-state index contributed by atoms with van der Waals surface area (Å²) in [5.41, 5.74) is 2.87. The fourth-order valence-corrected chi connectivity index (χ4v) is 4.40. The third-order valence-corrected chi connectivity index (χ3v) is 6.35. The number of hydrogen-bond donors (Lipinski definition) is 2. The van der Waals surface area contributed by atoms with Crippen LogP contribution in [0.4, 0.5) is 5.69 Å². The highest BCUT2D eigenvalue weighted by Crippen LogP contribution is 2.25. The average molecular weight is 488 g/mol. The van der Waals surface area contributed by atoms with Gasteiger partial charge in [0, 0.05) is 12.1 Å². The smallest absolute Gasteiger partial charge is 0.266 e. The van der Waals surface area contributed by atoms with E-state index in [1.807, 2.05) is 61.5 Å². The molecule has 35 heavy (non-hydrogen) atoms. The molecule has 2 N–H and O–H groups in total. The van der Waals surface area contributed by atoms with Gasteiger partial charge in [0.2, 0.25) is 11.8 Å². The van der Waals surface area contributed by atoms with Gasteiger partial charge in [-0.2, -0.15) is 4.98 Å². The number of thioether (sulfide) groups is 1. The second-order valence-electron chi connectivity index (χ2n) is 7.85. The van der Waals surface area contributed by atoms with Crippen molar-refractivity contribution in [3.05, 3.63) is 106 Å². The number of anilines is 1. The van der Waals surface area contributed by atoms with Crippen LogP contribution in [0.15, 0.2) is 88.8 Å². The number of rotatable bonds is 8. The molecule has 4 rings (SSSR count). The Labute approximate surface area is 207 Å². The lowest BCUT2D eigenvalue weighted by Gasteiger charge is -2.16. The molecule has 0 saturated carbocycles. The van der Waals surface area contributed by atoms with Crippen molar-refractivity contribution in [1.82, 2.24) is 9.55 Å². The number of aromatic nitrogens is 2. The molecule has 7 nitrogen and oxygen atoms in total. The first kappa shape index (κ1) is 24.1. The van der Waals surface area contributed by atoms with E-state index in [0.29, 0.717) is 17.1 Å². The Morgan fingerprint density at radius 1 is 1.03 bits per heavy atom. The topological polar surface area (TPSA) is 93.5 Å². The van der Waals surface area contributed by atoms with Crippen LogP contribution >= 0.6 is 11.8 Å². The molecule has 0 spiro atoms. The summed E-state index contributed by atoms with van der Waals surface area (Å²) in [7, 11) is 1.58. The van der Waals surface area contributed by atoms with Crippen molar-refractivity contribution < 1.29 is 14.6 Å². The maximum atomic E-state index is 13.6. The molecule has 1 amide bonds. The number of carbonyl (C=O) groups is 1. The van der Waals surface area contributed by atoms with Crippen LogP contribution in [0.2, 0.25) is 0 Å². The molecular formula is C27H25N3O4S. The zero-order chi connectivity index (χ0) is 24.8. The lowest BCUT2D eigenvalue weighted by Crippen LogP contribution is -2.26. The van der Waals surface area contributed by atoms with E-state index >= 15 is 0 Å². The molecule has 0 atom stereocenters. The standard InChI is InChI=1S/C27H25N3O4S/c1-18-8-6-7-11-23(18)30-26(33)22(16-19-9-4-3-5-10-19)25(32)29-27(30)35-17-24(31)28-20-12-14-21(34-2)15-13-20/h3-15,32H,16-17H2,1-2H3,(H,28,31). The summed E-state index contributed by atoms with van der Waals surface area (Å²) < 4.78 is 6.60. The van der Waals surface area contributed by atoms with Crippen LogP contribution in [0, 0.1) is 6.92 Å². The van der Waals surface area contributed by atoms with E-state index in [0.717, 1.165) is 22.9 Å². The Balaban J connectivity index is 1.64. The third kappa shape index (κ3) is 5.73. The summed E-state index contributed by atoms with van der Waals surface area (Å²) >= 11 is 1.08. The number of nitrogens with one attached hydrogen (secondary N) is 1. The van der Waals surface area contributed by atoms with Gasteiger partial charge in [0.05, 0.1) is 24.1 Å². The molecule has 0 fully saturated rings. The molecule has 0 aliphatic rings. The number of aryl methyl sites for hydroxylation is 1. The van der Waals surface area contributed by atoms with Gasteiger partial charge in [0.15, 0.2) is 5.16 Å². The molecule has 0 aliphatic carbocycles. The molecule has 0 aliphatic heterocycles. The third-order valence-electron chi connectivity index (χ3n) is 5.41. The average Bonchev–Trinajstić information content (AvgIpc) is 2.87. The molecule has 0 unspecified atom stereocenters. The number of nitrogens with zero attached hydrogens (tertiary/aromatic N) is 2. The summed E-state index contributed by atoms with van der Waals surface area (Å²) in [6.45, 7) is 1.90. The summed E-state index contributed by atoms with van der Waals surface area (Å²) in [6, 6.07) is 23.9. The number of aromatic hydroxyl groups is 1. The summed E-state index contributed by atoms with van der Waals surface area (Å²) in [5, 5.41) is 13.7. The minimum absolute atomic E-state index is 0.00181. The largest absolute Gasteiger partial charge is 0.497 e. The van der Waals surface area contributed by atoms with Gasteiger partial charge in [-0.25, -0.2) is 0 Å². The SMILES string of the molecule is COc1ccc(NC(=O)CSc2nc(O)c(Cc3ccccc3)c(=O)n2-c2ccccc2C)cc1. The van der Waals surface area contributed by atoms with Crippen LogP contribution < -0.4 is 15.6 Å². The minimum Gasteiger partial charge on any atom is -0.497 e. The molecule has 1 heterocycles. The predicted octanol–water partition coefficient (Wildman–Crippen LogP) is 4.58. The van der Waals surface area contributed by atoms with Crippen LogP contribution in [-0.2, 0) is 11.2 Å². The first-order chi connectivity index (χ1) is 17.0. The van der Waals surface area contributed by atoms with Crippen LogP contribution in [0.3, 0.4) is 0 Å². The van der Waals surface area contributed by atoms with Crippen molar-refractivity contribution in [3.8, 4) is 17.3 Å². The summed E-state index contributed by atoms with van der Waals surface area (Å²) in [4.78, 5) is 30.5. The van der Waals surface area contributed by atoms with E-state index in [2.05, 4.69) is 10.3 Å². The normalized spacial score (nSPS) is 10.7. The molecule has 8 heteroatoms. The van der Waals surface area contributed by atoms with Gasteiger partial charge in [-0.15, -0.1) is 0 Å². The second-order valence-corrected chi connectivity index (χ2v) is 8.79. The second kappa shape index (κ2) is 10.9. The minimum atomic E-state index is -0.367. The Morgan fingerprint density at radius 2 is 1.71 bits per heavy atom. The zero-order valence-electron chi connectivity index (χ0n) is 19.4. The van der Waals surface area contributed by atoms with Crippen LogP contribution in [0.5, 0.6) is 11.6 Å². The van der Waals surface area contributed by atoms with E-state index in [1.165, 1.54) is 4.57 Å². The van der Waals surface area contributed by atoms with E-state index in [4.69, 9.17) is 4.74 Å². The number of para-hydroxylation sites is 1. The Bertz CT molecular complexity index is 1390. The Kier molecular flexibility index (Phi) is 7.52. The van der Waals surface area contributed by atoms with Crippen molar-refractivity contribution in [2.75, 3.05) is 18.2 Å². The number of amides is 1. The maximum Gasteiger partial charge on any atom is 0.266 e. The number of benzene rings is 3. The molecular weight excluding hydrogens is 462 g/mol. The number of methoxy groups -OCH3 is 1. The molecule has 0 bridgehead atoms. The van der Waals surface area contributed by atoms with E-state index in [1.54, 1.807) is 31.4 Å². The highest BCUT2D eigenvalue weighted by Gasteiger charge is 2.20. The van der Waals surface area contributed by atoms with Crippen molar-refractivity contribution in [3.63, 3.8) is 0 Å². The monoisotopic (exact) mass is 487 g/mol. The number of ether oxygens (including phenoxy) is 1. The molecule has 3 aromatic carbocycles. The Hall–Kier alpha value is -4.04. The van der Waals surface area contributed by atoms with Crippen molar-refractivity contribution >= 4 is 23.4 Å². The van der Waals surface area contributed by atoms with Crippen molar-refractivity contribution in [2.24, 2.45) is 0 Å². The van der Waals surface area contributed by atoms with Crippen LogP contribution in [0.25, 0.3) is 5.69 Å². The zero-order valence-corrected chi connectivity index (χ0v) is 20.2. The van der Waals surface area contributed by atoms with E-state index in [9.17, 15) is 14.7 Å². The number of carbonyl (C=O) groups excluding carboxylic acids is 1. The molecule has 1 aromatic heterocycles. The lowest BCUT2D eigenvalue weighted by molar-refractivity contribution is -0.113. The highest BCUT2D eigenvalue weighted by atomic mass is 32.2. The van der Waals surface area contributed by atoms with Gasteiger partial charge in [-0.05, 0) is 48.4 Å². The molecule has 0 radical (unpaired) electrons. The Morgan fingerprint density at radius 3 is 2.40 bits per heavy atom. The summed E-state index contributed by atoms with van der Waals surface area (Å²) in [5.74, 6) is 0.0946. The fraction of sp³-hybridized carbons (Fsp3) is 0.148. The van der Waals surface area contributed by atoms with E-state index < -0.39 is 0 Å². The lowest BCUT2D eigenvalue weighted by atomic mass is 10.1. The van der Waals surface area contributed by atoms with E-state index in [-0.39, 0.29) is 40.2 Å². The number of hydrogen-bond acceptors (Lipinski definition) is 6. The summed E-state index contributed by atoms with van der Waals surface area (Å²) in [6.07, 6.45) is 0.243. The van der Waals surface area contributed by atoms with Crippen molar-refractivity contribution in [1.29, 1.82) is 0 Å². The molecule has 178 valence electrons. The molecule has 4 aromatic rings. The highest BCUT2D eigenvalue weighted by molar-refractivity contribution is 7.99. The van der Waals surface area contributed by atoms with Gasteiger partial charge in [0.25, 0.3) is 5.56 Å². The van der Waals surface area contributed by atoms with Gasteiger partial charge in [-0.3, -0.25) is 14.2 Å². The van der Waals surface area contributed by atoms with Gasteiger partial charge in [-0.1, -0.05) is 60.3 Å². The van der Waals surface area contributed by atoms with Gasteiger partial charge in [0.1, 0.15) is 5.75 Å². The van der Waals surface area contributed by atoms with Crippen LogP contribution in [-0.4, -0.2) is 33.4 Å². The van der Waals surface area contributed by atoms with Gasteiger partial charge < -0.3 is 15.2 Å². The molecule has 0 saturated heterocycles. The quantitative estimate of drug-likeness (QED) is 0.279. The maximum absolute atomic E-state index is 13.6. The fourth-order valence-electron chi connectivity index (χ4n) is 3.61. The van der Waals surface area contributed by atoms with Crippen LogP contribution in [0.1, 0.15) is 16.7 Å². The first-order valence-electron chi connectivity index (χ1n) is 11.0. The van der Waals surface area contributed by atoms with Crippen molar-refractivity contribution in [2.45, 2.75) is 18.5 Å². The predicted molar refractivity (Wildman–Crippen MR) is 138 cm³/mol. The first-order valence-corrected chi connectivity index (χ1v) is 12.0.